The van der Waals surface area contributed by atoms with Crippen molar-refractivity contribution in [3.8, 4) is 28.6 Å². The molecule has 4 aromatic rings. The van der Waals surface area contributed by atoms with Gasteiger partial charge in [-0.15, -0.1) is 13.2 Å². The van der Waals surface area contributed by atoms with Crippen LogP contribution in [0.3, 0.4) is 0 Å². The van der Waals surface area contributed by atoms with E-state index in [1.54, 1.807) is 0 Å². The Morgan fingerprint density at radius 3 is 2.76 bits per heavy atom. The van der Waals surface area contributed by atoms with Crippen LogP contribution in [-0.2, 0) is 16.1 Å². The van der Waals surface area contributed by atoms with Crippen molar-refractivity contribution in [2.45, 2.75) is 25.7 Å². The molecule has 0 atom stereocenters. The molecule has 0 radical (unpaired) electrons. The maximum absolute atomic E-state index is 12.4. The molecule has 0 fully saturated rings. The van der Waals surface area contributed by atoms with Crippen molar-refractivity contribution in [2.24, 2.45) is 0 Å². The second-order valence-electron chi connectivity index (χ2n) is 7.04. The first-order chi connectivity index (χ1) is 15.7. The highest BCUT2D eigenvalue weighted by molar-refractivity contribution is 6.32. The Bertz CT molecular complexity index is 1300. The number of halogens is 4. The lowest BCUT2D eigenvalue weighted by molar-refractivity contribution is -0.274. The molecule has 0 aliphatic rings. The van der Waals surface area contributed by atoms with Crippen LogP contribution >= 0.6 is 11.6 Å². The standard InChI is InChI=1S/C22H17ClF3N3O4/c1-31-19(30)6-3-10-29-11-9-14-15(4-2-5-17(14)29)20-27-21(33-28-20)13-7-8-18(16(23)12-13)32-22(24,25)26/h2,4-5,7-9,11-12H,3,6,10H2,1H3. The lowest BCUT2D eigenvalue weighted by atomic mass is 10.1. The molecule has 0 spiro atoms. The van der Waals surface area contributed by atoms with Gasteiger partial charge in [-0.25, -0.2) is 0 Å². The Hall–Kier alpha value is -3.53. The molecule has 2 heterocycles. The smallest absolute Gasteiger partial charge is 0.469 e. The highest BCUT2D eigenvalue weighted by Crippen LogP contribution is 2.34. The Kier molecular flexibility index (Phi) is 6.28. The number of aromatic nitrogens is 3. The van der Waals surface area contributed by atoms with Crippen molar-refractivity contribution in [3.63, 3.8) is 0 Å². The van der Waals surface area contributed by atoms with E-state index in [1.807, 2.05) is 35.0 Å². The van der Waals surface area contributed by atoms with Crippen molar-refractivity contribution in [1.29, 1.82) is 0 Å². The Morgan fingerprint density at radius 1 is 1.21 bits per heavy atom. The maximum Gasteiger partial charge on any atom is 0.573 e. The number of rotatable bonds is 7. The molecule has 0 aliphatic carbocycles. The summed E-state index contributed by atoms with van der Waals surface area (Å²) < 4.78 is 53.2. The zero-order valence-electron chi connectivity index (χ0n) is 17.2. The van der Waals surface area contributed by atoms with Crippen LogP contribution in [0.1, 0.15) is 12.8 Å². The number of ether oxygens (including phenoxy) is 2. The molecular weight excluding hydrogens is 463 g/mol. The van der Waals surface area contributed by atoms with Crippen LogP contribution < -0.4 is 4.74 Å². The fourth-order valence-electron chi connectivity index (χ4n) is 3.40. The van der Waals surface area contributed by atoms with Gasteiger partial charge in [0.25, 0.3) is 5.89 Å². The minimum atomic E-state index is -4.85. The lowest BCUT2D eigenvalue weighted by Gasteiger charge is -2.10. The minimum Gasteiger partial charge on any atom is -0.469 e. The number of carbonyl (C=O) groups excluding carboxylic acids is 1. The van der Waals surface area contributed by atoms with Crippen molar-refractivity contribution in [1.82, 2.24) is 14.7 Å². The number of fused-ring (bicyclic) bond motifs is 1. The van der Waals surface area contributed by atoms with Crippen molar-refractivity contribution < 1.29 is 32.0 Å². The van der Waals surface area contributed by atoms with Gasteiger partial charge in [-0.1, -0.05) is 28.9 Å². The number of carbonyl (C=O) groups is 1. The first kappa shape index (κ1) is 22.7. The van der Waals surface area contributed by atoms with Crippen molar-refractivity contribution >= 4 is 28.5 Å². The van der Waals surface area contributed by atoms with Gasteiger partial charge in [-0.05, 0) is 36.8 Å². The fourth-order valence-corrected chi connectivity index (χ4v) is 3.62. The summed E-state index contributed by atoms with van der Waals surface area (Å²) in [4.78, 5) is 15.7. The zero-order valence-corrected chi connectivity index (χ0v) is 18.0. The number of alkyl halides is 3. The third-order valence-corrected chi connectivity index (χ3v) is 5.19. The van der Waals surface area contributed by atoms with E-state index in [-0.39, 0.29) is 16.9 Å². The van der Waals surface area contributed by atoms with Gasteiger partial charge in [-0.3, -0.25) is 4.79 Å². The summed E-state index contributed by atoms with van der Waals surface area (Å²) >= 11 is 5.91. The summed E-state index contributed by atoms with van der Waals surface area (Å²) in [6.45, 7) is 0.629. The first-order valence-corrected chi connectivity index (χ1v) is 10.2. The van der Waals surface area contributed by atoms with E-state index in [0.717, 1.165) is 22.5 Å². The molecule has 11 heteroatoms. The molecule has 0 aliphatic heterocycles. The van der Waals surface area contributed by atoms with E-state index in [0.29, 0.717) is 30.8 Å². The van der Waals surface area contributed by atoms with Gasteiger partial charge >= 0.3 is 12.3 Å². The van der Waals surface area contributed by atoms with Gasteiger partial charge in [-0.2, -0.15) is 4.98 Å². The van der Waals surface area contributed by atoms with E-state index >= 15 is 0 Å². The van der Waals surface area contributed by atoms with Gasteiger partial charge in [0, 0.05) is 41.2 Å². The molecule has 2 aromatic heterocycles. The van der Waals surface area contributed by atoms with Gasteiger partial charge in [0.15, 0.2) is 0 Å². The van der Waals surface area contributed by atoms with Crippen LogP contribution in [0.4, 0.5) is 13.2 Å². The summed E-state index contributed by atoms with van der Waals surface area (Å²) in [5.74, 6) is -0.370. The summed E-state index contributed by atoms with van der Waals surface area (Å²) in [5.41, 5.74) is 2.00. The van der Waals surface area contributed by atoms with Crippen molar-refractivity contribution in [3.05, 3.63) is 53.7 Å². The van der Waals surface area contributed by atoms with E-state index < -0.39 is 12.1 Å². The number of methoxy groups -OCH3 is 1. The van der Waals surface area contributed by atoms with Crippen LogP contribution in [0.5, 0.6) is 5.75 Å². The van der Waals surface area contributed by atoms with Gasteiger partial charge in [0.1, 0.15) is 5.75 Å². The topological polar surface area (TPSA) is 79.4 Å². The molecular formula is C22H17ClF3N3O4. The molecule has 0 saturated carbocycles. The van der Waals surface area contributed by atoms with E-state index in [1.165, 1.54) is 19.2 Å². The summed E-state index contributed by atoms with van der Waals surface area (Å²) in [5, 5.41) is 4.66. The first-order valence-electron chi connectivity index (χ1n) is 9.79. The third-order valence-electron chi connectivity index (χ3n) is 4.89. The SMILES string of the molecule is COC(=O)CCCn1ccc2c(-c3noc(-c4ccc(OC(F)(F)F)c(Cl)c4)n3)cccc21. The van der Waals surface area contributed by atoms with Gasteiger partial charge < -0.3 is 18.6 Å². The quantitative estimate of drug-likeness (QED) is 0.309. The largest absolute Gasteiger partial charge is 0.573 e. The van der Waals surface area contributed by atoms with Crippen LogP contribution in [0, 0.1) is 0 Å². The number of esters is 1. The molecule has 33 heavy (non-hydrogen) atoms. The molecule has 172 valence electrons. The Morgan fingerprint density at radius 2 is 2.03 bits per heavy atom. The van der Waals surface area contributed by atoms with E-state index in [9.17, 15) is 18.0 Å². The summed E-state index contributed by atoms with van der Waals surface area (Å²) in [6, 6.07) is 11.2. The van der Waals surface area contributed by atoms with Crippen LogP contribution in [0.15, 0.2) is 53.2 Å². The Labute approximate surface area is 190 Å². The fraction of sp³-hybridized carbons (Fsp3) is 0.227. The second kappa shape index (κ2) is 9.14. The molecule has 0 N–H and O–H groups in total. The average molecular weight is 480 g/mol. The minimum absolute atomic E-state index is 0.0972. The van der Waals surface area contributed by atoms with E-state index in [2.05, 4.69) is 19.6 Å². The lowest BCUT2D eigenvalue weighted by Crippen LogP contribution is -2.17. The predicted molar refractivity (Wildman–Crippen MR) is 114 cm³/mol. The maximum atomic E-state index is 12.4. The highest BCUT2D eigenvalue weighted by atomic mass is 35.5. The average Bonchev–Trinajstić information content (AvgIpc) is 3.42. The molecule has 2 aromatic carbocycles. The van der Waals surface area contributed by atoms with Crippen molar-refractivity contribution in [2.75, 3.05) is 7.11 Å². The molecule has 0 saturated heterocycles. The molecule has 7 nitrogen and oxygen atoms in total. The molecule has 4 rings (SSSR count). The normalized spacial score (nSPS) is 11.7. The van der Waals surface area contributed by atoms with Crippen LogP contribution in [-0.4, -0.2) is 34.1 Å². The zero-order chi connectivity index (χ0) is 23.6. The number of nitrogens with zero attached hydrogens (tertiary/aromatic N) is 3. The third kappa shape index (κ3) is 5.11. The predicted octanol–water partition coefficient (Wildman–Crippen LogP) is 5.86. The number of benzene rings is 2. The van der Waals surface area contributed by atoms with Gasteiger partial charge in [0.05, 0.1) is 12.1 Å². The van der Waals surface area contributed by atoms with Crippen LogP contribution in [0.25, 0.3) is 33.7 Å². The van der Waals surface area contributed by atoms with Crippen LogP contribution in [0.2, 0.25) is 5.02 Å². The monoisotopic (exact) mass is 479 g/mol. The van der Waals surface area contributed by atoms with Gasteiger partial charge in [0.2, 0.25) is 5.82 Å². The second-order valence-corrected chi connectivity index (χ2v) is 7.45. The number of hydrogen-bond acceptors (Lipinski definition) is 6. The van der Waals surface area contributed by atoms with E-state index in [4.69, 9.17) is 16.1 Å². The molecule has 0 amide bonds. The molecule has 0 bridgehead atoms. The highest BCUT2D eigenvalue weighted by Gasteiger charge is 2.32. The summed E-state index contributed by atoms with van der Waals surface area (Å²) in [7, 11) is 1.36. The Balaban J connectivity index is 1.58. The number of aryl methyl sites for hydroxylation is 1. The molecule has 0 unspecified atom stereocenters. The summed E-state index contributed by atoms with van der Waals surface area (Å²) in [6.07, 6.45) is -2.00. The number of hydrogen-bond donors (Lipinski definition) is 0.